The fourth-order valence-corrected chi connectivity index (χ4v) is 1.27. The molecule has 1 amide bonds. The Kier molecular flexibility index (Phi) is 5.70. The molecule has 16 heavy (non-hydrogen) atoms. The quantitative estimate of drug-likeness (QED) is 0.784. The van der Waals surface area contributed by atoms with Crippen LogP contribution in [0.1, 0.15) is 54.4 Å². The Hall–Kier alpha value is -0.860. The monoisotopic (exact) mass is 227 g/mol. The molecule has 2 atom stereocenters. The maximum Gasteiger partial charge on any atom is 0.220 e. The van der Waals surface area contributed by atoms with E-state index in [1.165, 1.54) is 0 Å². The lowest BCUT2D eigenvalue weighted by Crippen LogP contribution is -2.39. The predicted octanol–water partition coefficient (Wildman–Crippen LogP) is 2.54. The SMILES string of the molecule is CCC(=O)C(C)NC(=O)CC(C)C(C)(C)C. The molecular formula is C13H25NO2. The number of rotatable bonds is 5. The van der Waals surface area contributed by atoms with Crippen LogP contribution in [-0.4, -0.2) is 17.7 Å². The third-order valence-corrected chi connectivity index (χ3v) is 3.18. The number of carbonyl (C=O) groups excluding carboxylic acids is 2. The normalized spacial score (nSPS) is 15.4. The van der Waals surface area contributed by atoms with Crippen LogP contribution in [0.4, 0.5) is 0 Å². The van der Waals surface area contributed by atoms with E-state index < -0.39 is 0 Å². The molecule has 1 N–H and O–H groups in total. The van der Waals surface area contributed by atoms with Crippen molar-refractivity contribution < 1.29 is 9.59 Å². The first-order valence-corrected chi connectivity index (χ1v) is 6.00. The number of hydrogen-bond donors (Lipinski definition) is 1. The first-order chi connectivity index (χ1) is 7.18. The number of Topliss-reactive ketones (excluding diaryl/α,β-unsaturated/α-hetero) is 1. The molecule has 0 saturated carbocycles. The van der Waals surface area contributed by atoms with E-state index in [0.717, 1.165) is 0 Å². The van der Waals surface area contributed by atoms with E-state index >= 15 is 0 Å². The molecule has 0 aromatic carbocycles. The van der Waals surface area contributed by atoms with Gasteiger partial charge in [-0.25, -0.2) is 0 Å². The molecule has 0 spiro atoms. The Morgan fingerprint density at radius 1 is 1.19 bits per heavy atom. The summed E-state index contributed by atoms with van der Waals surface area (Å²) >= 11 is 0. The van der Waals surface area contributed by atoms with Gasteiger partial charge >= 0.3 is 0 Å². The number of nitrogens with one attached hydrogen (secondary N) is 1. The second kappa shape index (κ2) is 6.02. The van der Waals surface area contributed by atoms with Gasteiger partial charge in [-0.05, 0) is 18.3 Å². The molecule has 0 radical (unpaired) electrons. The van der Waals surface area contributed by atoms with Crippen molar-refractivity contribution in [2.24, 2.45) is 11.3 Å². The van der Waals surface area contributed by atoms with E-state index in [0.29, 0.717) is 18.8 Å². The average molecular weight is 227 g/mol. The number of amides is 1. The number of hydrogen-bond acceptors (Lipinski definition) is 2. The number of carbonyl (C=O) groups is 2. The van der Waals surface area contributed by atoms with Crippen molar-refractivity contribution >= 4 is 11.7 Å². The van der Waals surface area contributed by atoms with Crippen LogP contribution in [0.15, 0.2) is 0 Å². The average Bonchev–Trinajstić information content (AvgIpc) is 2.14. The van der Waals surface area contributed by atoms with Crippen molar-refractivity contribution in [3.63, 3.8) is 0 Å². The summed E-state index contributed by atoms with van der Waals surface area (Å²) < 4.78 is 0. The summed E-state index contributed by atoms with van der Waals surface area (Å²) in [6.07, 6.45) is 0.946. The summed E-state index contributed by atoms with van der Waals surface area (Å²) in [5.74, 6) is 0.352. The highest BCUT2D eigenvalue weighted by molar-refractivity contribution is 5.88. The minimum absolute atomic E-state index is 0.0308. The fourth-order valence-electron chi connectivity index (χ4n) is 1.27. The molecule has 0 bridgehead atoms. The van der Waals surface area contributed by atoms with Gasteiger partial charge in [0.15, 0.2) is 5.78 Å². The smallest absolute Gasteiger partial charge is 0.220 e. The molecule has 0 heterocycles. The van der Waals surface area contributed by atoms with Gasteiger partial charge in [0, 0.05) is 12.8 Å². The molecule has 0 aromatic heterocycles. The molecule has 0 aliphatic heterocycles. The maximum atomic E-state index is 11.7. The van der Waals surface area contributed by atoms with E-state index in [1.54, 1.807) is 6.92 Å². The molecule has 2 unspecified atom stereocenters. The maximum absolute atomic E-state index is 11.7. The molecule has 94 valence electrons. The Balaban J connectivity index is 4.15. The van der Waals surface area contributed by atoms with E-state index in [1.807, 2.05) is 6.92 Å². The highest BCUT2D eigenvalue weighted by Crippen LogP contribution is 2.27. The topological polar surface area (TPSA) is 46.2 Å². The fraction of sp³-hybridized carbons (Fsp3) is 0.846. The van der Waals surface area contributed by atoms with Crippen LogP contribution in [-0.2, 0) is 9.59 Å². The summed E-state index contributed by atoms with van der Waals surface area (Å²) in [6, 6.07) is -0.357. The third-order valence-electron chi connectivity index (χ3n) is 3.18. The zero-order valence-electron chi connectivity index (χ0n) is 11.4. The molecule has 3 heteroatoms. The third kappa shape index (κ3) is 5.29. The molecule has 0 fully saturated rings. The van der Waals surface area contributed by atoms with Gasteiger partial charge in [0.05, 0.1) is 6.04 Å². The van der Waals surface area contributed by atoms with Crippen molar-refractivity contribution in [1.29, 1.82) is 0 Å². The number of ketones is 1. The van der Waals surface area contributed by atoms with Gasteiger partial charge < -0.3 is 5.32 Å². The first-order valence-electron chi connectivity index (χ1n) is 6.00. The zero-order chi connectivity index (χ0) is 12.9. The Morgan fingerprint density at radius 3 is 2.06 bits per heavy atom. The zero-order valence-corrected chi connectivity index (χ0v) is 11.4. The van der Waals surface area contributed by atoms with Crippen molar-refractivity contribution in [1.82, 2.24) is 5.32 Å². The predicted molar refractivity (Wildman–Crippen MR) is 66.1 cm³/mol. The molecule has 3 nitrogen and oxygen atoms in total. The van der Waals surface area contributed by atoms with Gasteiger partial charge in [-0.15, -0.1) is 0 Å². The standard InChI is InChI=1S/C13H25NO2/c1-7-11(15)10(3)14-12(16)8-9(2)13(4,5)6/h9-10H,7-8H2,1-6H3,(H,14,16). The Labute approximate surface area is 99.0 Å². The van der Waals surface area contributed by atoms with Crippen LogP contribution in [0.5, 0.6) is 0 Å². The summed E-state index contributed by atoms with van der Waals surface area (Å²) in [6.45, 7) is 12.0. The Bertz CT molecular complexity index is 253. The minimum Gasteiger partial charge on any atom is -0.347 e. The van der Waals surface area contributed by atoms with Crippen LogP contribution < -0.4 is 5.32 Å². The van der Waals surface area contributed by atoms with Gasteiger partial charge in [0.2, 0.25) is 5.91 Å². The largest absolute Gasteiger partial charge is 0.347 e. The van der Waals surface area contributed by atoms with Gasteiger partial charge in [-0.2, -0.15) is 0 Å². The molecule has 0 aromatic rings. The van der Waals surface area contributed by atoms with Crippen LogP contribution in [0.25, 0.3) is 0 Å². The van der Waals surface area contributed by atoms with Gasteiger partial charge in [0.25, 0.3) is 0 Å². The van der Waals surface area contributed by atoms with Crippen LogP contribution in [0.2, 0.25) is 0 Å². The van der Waals surface area contributed by atoms with Crippen molar-refractivity contribution in [2.75, 3.05) is 0 Å². The van der Waals surface area contributed by atoms with E-state index in [9.17, 15) is 9.59 Å². The van der Waals surface area contributed by atoms with E-state index in [-0.39, 0.29) is 23.1 Å². The van der Waals surface area contributed by atoms with Crippen LogP contribution in [0, 0.1) is 11.3 Å². The summed E-state index contributed by atoms with van der Waals surface area (Å²) in [7, 11) is 0. The second-order valence-electron chi connectivity index (χ2n) is 5.58. The van der Waals surface area contributed by atoms with E-state index in [4.69, 9.17) is 0 Å². The van der Waals surface area contributed by atoms with Gasteiger partial charge in [-0.3, -0.25) is 9.59 Å². The molecule has 0 aliphatic carbocycles. The van der Waals surface area contributed by atoms with Crippen molar-refractivity contribution in [3.05, 3.63) is 0 Å². The highest BCUT2D eigenvalue weighted by atomic mass is 16.2. The summed E-state index contributed by atoms with van der Waals surface area (Å²) in [5.41, 5.74) is 0.120. The van der Waals surface area contributed by atoms with Gasteiger partial charge in [-0.1, -0.05) is 34.6 Å². The van der Waals surface area contributed by atoms with Gasteiger partial charge in [0.1, 0.15) is 0 Å². The second-order valence-corrected chi connectivity index (χ2v) is 5.58. The minimum atomic E-state index is -0.357. The molecule has 0 aliphatic rings. The summed E-state index contributed by atoms with van der Waals surface area (Å²) in [5, 5.41) is 2.75. The highest BCUT2D eigenvalue weighted by Gasteiger charge is 2.23. The van der Waals surface area contributed by atoms with Crippen molar-refractivity contribution in [2.45, 2.75) is 60.4 Å². The lowest BCUT2D eigenvalue weighted by atomic mass is 9.80. The molecule has 0 saturated heterocycles. The van der Waals surface area contributed by atoms with E-state index in [2.05, 4.69) is 33.0 Å². The molecule has 0 rings (SSSR count). The van der Waals surface area contributed by atoms with Crippen LogP contribution in [0.3, 0.4) is 0 Å². The first kappa shape index (κ1) is 15.1. The van der Waals surface area contributed by atoms with Crippen LogP contribution >= 0.6 is 0 Å². The lowest BCUT2D eigenvalue weighted by Gasteiger charge is -2.27. The Morgan fingerprint density at radius 2 is 1.69 bits per heavy atom. The summed E-state index contributed by atoms with van der Waals surface area (Å²) in [4.78, 5) is 23.0. The molecular weight excluding hydrogens is 202 g/mol. The lowest BCUT2D eigenvalue weighted by molar-refractivity contribution is -0.128. The van der Waals surface area contributed by atoms with Crippen molar-refractivity contribution in [3.8, 4) is 0 Å².